The van der Waals surface area contributed by atoms with Crippen molar-refractivity contribution in [2.24, 2.45) is 0 Å². The molecule has 2 rings (SSSR count). The SMILES string of the molecule is O=C(CC(Cl)CS(=O)(=O)c1ccccc1)Nc1ccccc1. The van der Waals surface area contributed by atoms with Gasteiger partial charge in [-0.15, -0.1) is 11.6 Å². The van der Waals surface area contributed by atoms with Gasteiger partial charge in [-0.05, 0) is 24.3 Å². The van der Waals surface area contributed by atoms with Crippen molar-refractivity contribution in [1.29, 1.82) is 0 Å². The molecule has 1 unspecified atom stereocenters. The Kier molecular flexibility index (Phi) is 5.57. The molecular weight excluding hydrogens is 322 g/mol. The van der Waals surface area contributed by atoms with Crippen LogP contribution in [0.2, 0.25) is 0 Å². The summed E-state index contributed by atoms with van der Waals surface area (Å²) >= 11 is 6.04. The van der Waals surface area contributed by atoms with Gasteiger partial charge in [-0.2, -0.15) is 0 Å². The number of rotatable bonds is 6. The van der Waals surface area contributed by atoms with Crippen molar-refractivity contribution in [3.63, 3.8) is 0 Å². The summed E-state index contributed by atoms with van der Waals surface area (Å²) in [4.78, 5) is 12.1. The zero-order valence-corrected chi connectivity index (χ0v) is 13.3. The van der Waals surface area contributed by atoms with E-state index in [2.05, 4.69) is 5.32 Å². The van der Waals surface area contributed by atoms with Gasteiger partial charge in [0.15, 0.2) is 9.84 Å². The molecule has 0 aliphatic carbocycles. The Hall–Kier alpha value is -1.85. The second kappa shape index (κ2) is 7.42. The predicted molar refractivity (Wildman–Crippen MR) is 87.8 cm³/mol. The van der Waals surface area contributed by atoms with E-state index in [1.165, 1.54) is 12.1 Å². The predicted octanol–water partition coefficient (Wildman–Crippen LogP) is 3.10. The van der Waals surface area contributed by atoms with Crippen LogP contribution in [-0.2, 0) is 14.6 Å². The minimum Gasteiger partial charge on any atom is -0.326 e. The Morgan fingerprint density at radius 3 is 2.14 bits per heavy atom. The number of benzene rings is 2. The van der Waals surface area contributed by atoms with Crippen molar-refractivity contribution in [3.8, 4) is 0 Å². The summed E-state index contributed by atoms with van der Waals surface area (Å²) in [5.41, 5.74) is 0.655. The fraction of sp³-hybridized carbons (Fsp3) is 0.188. The molecule has 1 N–H and O–H groups in total. The van der Waals surface area contributed by atoms with Crippen molar-refractivity contribution in [2.75, 3.05) is 11.1 Å². The van der Waals surface area contributed by atoms with Crippen LogP contribution in [0.5, 0.6) is 0 Å². The molecule has 116 valence electrons. The monoisotopic (exact) mass is 337 g/mol. The number of anilines is 1. The second-order valence-corrected chi connectivity index (χ2v) is 7.46. The summed E-state index contributed by atoms with van der Waals surface area (Å²) in [7, 11) is -3.49. The van der Waals surface area contributed by atoms with Crippen LogP contribution < -0.4 is 5.32 Å². The number of halogens is 1. The molecule has 0 aromatic heterocycles. The number of carbonyl (C=O) groups is 1. The van der Waals surface area contributed by atoms with Crippen molar-refractivity contribution >= 4 is 33.0 Å². The smallest absolute Gasteiger partial charge is 0.225 e. The zero-order chi connectivity index (χ0) is 16.0. The highest BCUT2D eigenvalue weighted by Crippen LogP contribution is 2.16. The molecule has 0 heterocycles. The highest BCUT2D eigenvalue weighted by molar-refractivity contribution is 7.91. The first-order valence-electron chi connectivity index (χ1n) is 6.74. The van der Waals surface area contributed by atoms with Gasteiger partial charge in [0.05, 0.1) is 16.0 Å². The molecule has 0 radical (unpaired) electrons. The number of hydrogen-bond acceptors (Lipinski definition) is 3. The zero-order valence-electron chi connectivity index (χ0n) is 11.8. The van der Waals surface area contributed by atoms with Gasteiger partial charge in [0.25, 0.3) is 0 Å². The van der Waals surface area contributed by atoms with E-state index in [1.807, 2.05) is 6.07 Å². The summed E-state index contributed by atoms with van der Waals surface area (Å²) < 4.78 is 24.3. The summed E-state index contributed by atoms with van der Waals surface area (Å²) in [6.07, 6.45) is -0.0670. The van der Waals surface area contributed by atoms with E-state index in [-0.39, 0.29) is 23.0 Å². The molecule has 4 nitrogen and oxygen atoms in total. The lowest BCUT2D eigenvalue weighted by Gasteiger charge is -2.11. The topological polar surface area (TPSA) is 63.2 Å². The van der Waals surface area contributed by atoms with Crippen molar-refractivity contribution in [2.45, 2.75) is 16.7 Å². The standard InChI is InChI=1S/C16H16ClNO3S/c17-13(11-16(19)18-14-7-3-1-4-8-14)12-22(20,21)15-9-5-2-6-10-15/h1-10,13H,11-12H2,(H,18,19). The van der Waals surface area contributed by atoms with E-state index in [4.69, 9.17) is 11.6 Å². The first-order chi connectivity index (χ1) is 10.5. The molecule has 0 fully saturated rings. The summed E-state index contributed by atoms with van der Waals surface area (Å²) in [6.45, 7) is 0. The van der Waals surface area contributed by atoms with E-state index in [9.17, 15) is 13.2 Å². The quantitative estimate of drug-likeness (QED) is 0.824. The van der Waals surface area contributed by atoms with Gasteiger partial charge in [-0.25, -0.2) is 8.42 Å². The lowest BCUT2D eigenvalue weighted by molar-refractivity contribution is -0.116. The lowest BCUT2D eigenvalue weighted by atomic mass is 10.3. The second-order valence-electron chi connectivity index (χ2n) is 4.81. The van der Waals surface area contributed by atoms with Crippen LogP contribution in [0, 0.1) is 0 Å². The molecule has 1 amide bonds. The molecule has 0 aliphatic heterocycles. The fourth-order valence-electron chi connectivity index (χ4n) is 1.96. The largest absolute Gasteiger partial charge is 0.326 e. The van der Waals surface area contributed by atoms with Crippen LogP contribution in [-0.4, -0.2) is 25.5 Å². The molecule has 6 heteroatoms. The average molecular weight is 338 g/mol. The maximum atomic E-state index is 12.2. The number of hydrogen-bond donors (Lipinski definition) is 1. The summed E-state index contributed by atoms with van der Waals surface area (Å²) in [5.74, 6) is -0.588. The van der Waals surface area contributed by atoms with Crippen LogP contribution in [0.3, 0.4) is 0 Å². The van der Waals surface area contributed by atoms with E-state index < -0.39 is 15.2 Å². The molecule has 0 spiro atoms. The van der Waals surface area contributed by atoms with E-state index in [1.54, 1.807) is 42.5 Å². The average Bonchev–Trinajstić information content (AvgIpc) is 2.48. The Morgan fingerprint density at radius 2 is 1.55 bits per heavy atom. The molecule has 22 heavy (non-hydrogen) atoms. The van der Waals surface area contributed by atoms with Gasteiger partial charge in [0, 0.05) is 12.1 Å². The van der Waals surface area contributed by atoms with Crippen LogP contribution in [0.1, 0.15) is 6.42 Å². The normalized spacial score (nSPS) is 12.6. The Morgan fingerprint density at radius 1 is 1.00 bits per heavy atom. The van der Waals surface area contributed by atoms with Crippen LogP contribution in [0.15, 0.2) is 65.6 Å². The number of para-hydroxylation sites is 1. The number of amides is 1. The van der Waals surface area contributed by atoms with E-state index in [0.717, 1.165) is 0 Å². The molecule has 0 aliphatic rings. The molecule has 0 saturated carbocycles. The maximum Gasteiger partial charge on any atom is 0.225 e. The Balaban J connectivity index is 1.92. The van der Waals surface area contributed by atoms with Crippen LogP contribution in [0.25, 0.3) is 0 Å². The van der Waals surface area contributed by atoms with Crippen LogP contribution in [0.4, 0.5) is 5.69 Å². The van der Waals surface area contributed by atoms with Gasteiger partial charge < -0.3 is 5.32 Å². The molecule has 0 saturated heterocycles. The third-order valence-electron chi connectivity index (χ3n) is 2.97. The van der Waals surface area contributed by atoms with Crippen molar-refractivity contribution in [1.82, 2.24) is 0 Å². The van der Waals surface area contributed by atoms with Crippen molar-refractivity contribution in [3.05, 3.63) is 60.7 Å². The first kappa shape index (κ1) is 16.5. The highest BCUT2D eigenvalue weighted by atomic mass is 35.5. The molecule has 1 atom stereocenters. The van der Waals surface area contributed by atoms with E-state index in [0.29, 0.717) is 5.69 Å². The maximum absolute atomic E-state index is 12.2. The third-order valence-corrected chi connectivity index (χ3v) is 5.29. The number of alkyl halides is 1. The first-order valence-corrected chi connectivity index (χ1v) is 8.83. The third kappa shape index (κ3) is 4.86. The molecule has 0 bridgehead atoms. The van der Waals surface area contributed by atoms with Gasteiger partial charge in [-0.3, -0.25) is 4.79 Å². The minimum absolute atomic E-state index is 0.0670. The number of nitrogens with one attached hydrogen (secondary N) is 1. The minimum atomic E-state index is -3.49. The molecular formula is C16H16ClNO3S. The molecule has 2 aromatic rings. The Labute approximate surface area is 135 Å². The van der Waals surface area contributed by atoms with Gasteiger partial charge in [0.2, 0.25) is 5.91 Å². The number of sulfone groups is 1. The van der Waals surface area contributed by atoms with Gasteiger partial charge in [0.1, 0.15) is 0 Å². The van der Waals surface area contributed by atoms with Crippen molar-refractivity contribution < 1.29 is 13.2 Å². The number of carbonyl (C=O) groups excluding carboxylic acids is 1. The lowest BCUT2D eigenvalue weighted by Crippen LogP contribution is -2.23. The Bertz CT molecular complexity index is 718. The van der Waals surface area contributed by atoms with Gasteiger partial charge >= 0.3 is 0 Å². The fourth-order valence-corrected chi connectivity index (χ4v) is 3.95. The van der Waals surface area contributed by atoms with E-state index >= 15 is 0 Å². The summed E-state index contributed by atoms with van der Waals surface area (Å²) in [5, 5.41) is 1.90. The molecule has 2 aromatic carbocycles. The van der Waals surface area contributed by atoms with Crippen LogP contribution >= 0.6 is 11.6 Å². The van der Waals surface area contributed by atoms with Gasteiger partial charge in [-0.1, -0.05) is 36.4 Å². The highest BCUT2D eigenvalue weighted by Gasteiger charge is 2.21. The summed E-state index contributed by atoms with van der Waals surface area (Å²) in [6, 6.07) is 17.0.